The topological polar surface area (TPSA) is 78.5 Å². The molecule has 3 rings (SSSR count). The number of anilines is 2. The summed E-state index contributed by atoms with van der Waals surface area (Å²) in [7, 11) is -3.75. The fourth-order valence-electron chi connectivity index (χ4n) is 3.75. The van der Waals surface area contributed by atoms with Crippen LogP contribution in [-0.2, 0) is 14.8 Å². The Labute approximate surface area is 189 Å². The van der Waals surface area contributed by atoms with E-state index in [9.17, 15) is 13.2 Å². The Balaban J connectivity index is 1.73. The summed E-state index contributed by atoms with van der Waals surface area (Å²) in [5, 5.41) is 2.71. The van der Waals surface area contributed by atoms with Crippen molar-refractivity contribution in [2.75, 3.05) is 29.6 Å². The van der Waals surface area contributed by atoms with Gasteiger partial charge in [-0.15, -0.1) is 11.8 Å². The minimum absolute atomic E-state index is 0.125. The smallest absolute Gasteiger partial charge is 0.241 e. The van der Waals surface area contributed by atoms with Crippen LogP contribution in [0.2, 0.25) is 0 Å². The molecule has 0 aliphatic carbocycles. The number of rotatable bonds is 7. The Morgan fingerprint density at radius 2 is 1.77 bits per heavy atom. The van der Waals surface area contributed by atoms with E-state index in [4.69, 9.17) is 0 Å². The summed E-state index contributed by atoms with van der Waals surface area (Å²) in [6.45, 7) is 7.65. The van der Waals surface area contributed by atoms with Crippen molar-refractivity contribution < 1.29 is 13.2 Å². The van der Waals surface area contributed by atoms with Crippen molar-refractivity contribution in [3.8, 4) is 0 Å². The van der Waals surface area contributed by atoms with E-state index in [2.05, 4.69) is 34.0 Å². The minimum atomic E-state index is -3.75. The van der Waals surface area contributed by atoms with Crippen molar-refractivity contribution in [1.29, 1.82) is 0 Å². The fourth-order valence-corrected chi connectivity index (χ4v) is 5.54. The van der Waals surface area contributed by atoms with E-state index in [-0.39, 0.29) is 16.8 Å². The first-order valence-electron chi connectivity index (χ1n) is 10.5. The number of nitrogens with one attached hydrogen (secondary N) is 2. The van der Waals surface area contributed by atoms with Crippen LogP contribution >= 0.6 is 11.8 Å². The van der Waals surface area contributed by atoms with E-state index in [1.165, 1.54) is 43.3 Å². The third-order valence-corrected chi connectivity index (χ3v) is 8.00. The van der Waals surface area contributed by atoms with Crippen molar-refractivity contribution >= 4 is 39.1 Å². The van der Waals surface area contributed by atoms with Crippen LogP contribution in [0.1, 0.15) is 45.2 Å². The highest BCUT2D eigenvalue weighted by atomic mass is 32.2. The van der Waals surface area contributed by atoms with Gasteiger partial charge in [0.25, 0.3) is 0 Å². The summed E-state index contributed by atoms with van der Waals surface area (Å²) < 4.78 is 28.7. The van der Waals surface area contributed by atoms with Gasteiger partial charge in [-0.05, 0) is 67.8 Å². The Hall–Kier alpha value is -2.03. The van der Waals surface area contributed by atoms with Gasteiger partial charge in [0.05, 0.1) is 10.6 Å². The number of carbonyl (C=O) groups is 1. The molecule has 168 valence electrons. The second-order valence-electron chi connectivity index (χ2n) is 8.15. The van der Waals surface area contributed by atoms with Crippen LogP contribution in [0.4, 0.5) is 11.4 Å². The van der Waals surface area contributed by atoms with Gasteiger partial charge in [0.2, 0.25) is 15.9 Å². The molecule has 1 aliphatic rings. The average molecular weight is 462 g/mol. The average Bonchev–Trinajstić information content (AvgIpc) is 2.73. The van der Waals surface area contributed by atoms with E-state index in [1.54, 1.807) is 12.1 Å². The molecule has 1 fully saturated rings. The van der Waals surface area contributed by atoms with Gasteiger partial charge in [0.1, 0.15) is 0 Å². The van der Waals surface area contributed by atoms with Gasteiger partial charge >= 0.3 is 0 Å². The highest BCUT2D eigenvalue weighted by molar-refractivity contribution is 7.98. The number of hydrogen-bond donors (Lipinski definition) is 2. The Kier molecular flexibility index (Phi) is 7.67. The summed E-state index contributed by atoms with van der Waals surface area (Å²) in [6.07, 6.45) is 4.28. The summed E-state index contributed by atoms with van der Waals surface area (Å²) in [4.78, 5) is 14.8. The third kappa shape index (κ3) is 6.02. The molecular formula is C23H31N3O3S2. The summed E-state index contributed by atoms with van der Waals surface area (Å²) in [5.74, 6) is 0.538. The molecule has 2 aromatic rings. The highest BCUT2D eigenvalue weighted by Gasteiger charge is 2.21. The zero-order valence-corrected chi connectivity index (χ0v) is 20.1. The maximum absolute atomic E-state index is 13.0. The van der Waals surface area contributed by atoms with E-state index < -0.39 is 10.0 Å². The number of carbonyl (C=O) groups excluding carboxylic acids is 1. The molecule has 6 nitrogen and oxygen atoms in total. The summed E-state index contributed by atoms with van der Waals surface area (Å²) in [6, 6.07) is 12.5. The van der Waals surface area contributed by atoms with E-state index in [0.29, 0.717) is 5.69 Å². The molecule has 0 saturated carbocycles. The number of nitrogens with zero attached hydrogens (tertiary/aromatic N) is 1. The molecule has 0 aromatic heterocycles. The Bertz CT molecular complexity index is 1010. The van der Waals surface area contributed by atoms with Crippen LogP contribution in [0, 0.1) is 5.92 Å². The molecular weight excluding hydrogens is 430 g/mol. The highest BCUT2D eigenvalue weighted by Crippen LogP contribution is 2.29. The van der Waals surface area contributed by atoms with Crippen molar-refractivity contribution in [1.82, 2.24) is 4.72 Å². The number of hydrogen-bond acceptors (Lipinski definition) is 5. The molecule has 1 amide bonds. The number of piperidine rings is 1. The third-order valence-electron chi connectivity index (χ3n) is 5.67. The van der Waals surface area contributed by atoms with Gasteiger partial charge in [-0.3, -0.25) is 4.79 Å². The maximum Gasteiger partial charge on any atom is 0.241 e. The van der Waals surface area contributed by atoms with Crippen LogP contribution in [0.3, 0.4) is 0 Å². The standard InChI is InChI=1S/C23H31N3O3S2/c1-16-11-13-26(14-12-16)20-7-5-19(6-8-20)17(2)25-31(28,29)21-9-10-23(30-4)22(15-21)24-18(3)27/h5-10,15-17,25H,11-14H2,1-4H3,(H,24,27)/t17-/m0/s1. The first kappa shape index (κ1) is 23.6. The lowest BCUT2D eigenvalue weighted by Crippen LogP contribution is -2.32. The Morgan fingerprint density at radius 1 is 1.13 bits per heavy atom. The second kappa shape index (κ2) is 10.1. The van der Waals surface area contributed by atoms with Crippen molar-refractivity contribution in [3.63, 3.8) is 0 Å². The monoisotopic (exact) mass is 461 g/mol. The molecule has 1 saturated heterocycles. The zero-order chi connectivity index (χ0) is 22.6. The largest absolute Gasteiger partial charge is 0.372 e. The van der Waals surface area contributed by atoms with Gasteiger partial charge in [-0.1, -0.05) is 19.1 Å². The molecule has 1 aliphatic heterocycles. The summed E-state index contributed by atoms with van der Waals surface area (Å²) >= 11 is 1.45. The zero-order valence-electron chi connectivity index (χ0n) is 18.5. The molecule has 8 heteroatoms. The molecule has 0 unspecified atom stereocenters. The molecule has 31 heavy (non-hydrogen) atoms. The van der Waals surface area contributed by atoms with Crippen molar-refractivity contribution in [3.05, 3.63) is 48.0 Å². The molecule has 1 heterocycles. The van der Waals surface area contributed by atoms with Gasteiger partial charge in [0, 0.05) is 36.6 Å². The minimum Gasteiger partial charge on any atom is -0.372 e. The normalized spacial score (nSPS) is 16.2. The van der Waals surface area contributed by atoms with Crippen LogP contribution in [-0.4, -0.2) is 33.7 Å². The van der Waals surface area contributed by atoms with Gasteiger partial charge in [-0.25, -0.2) is 13.1 Å². The van der Waals surface area contributed by atoms with Crippen LogP contribution < -0.4 is 14.9 Å². The number of amides is 1. The van der Waals surface area contributed by atoms with Crippen LogP contribution in [0.15, 0.2) is 52.3 Å². The van der Waals surface area contributed by atoms with E-state index in [1.807, 2.05) is 25.3 Å². The van der Waals surface area contributed by atoms with Crippen LogP contribution in [0.5, 0.6) is 0 Å². The second-order valence-corrected chi connectivity index (χ2v) is 10.7. The van der Waals surface area contributed by atoms with Gasteiger partial charge < -0.3 is 10.2 Å². The van der Waals surface area contributed by atoms with E-state index >= 15 is 0 Å². The molecule has 0 spiro atoms. The fraction of sp³-hybridized carbons (Fsp3) is 0.435. The lowest BCUT2D eigenvalue weighted by Gasteiger charge is -2.32. The molecule has 2 N–H and O–H groups in total. The number of benzene rings is 2. The Morgan fingerprint density at radius 3 is 2.35 bits per heavy atom. The molecule has 0 radical (unpaired) electrons. The first-order valence-corrected chi connectivity index (χ1v) is 13.2. The van der Waals surface area contributed by atoms with E-state index in [0.717, 1.165) is 29.5 Å². The maximum atomic E-state index is 13.0. The van der Waals surface area contributed by atoms with Crippen LogP contribution in [0.25, 0.3) is 0 Å². The number of sulfonamides is 1. The molecule has 2 aromatic carbocycles. The first-order chi connectivity index (χ1) is 14.7. The predicted molar refractivity (Wildman–Crippen MR) is 128 cm³/mol. The van der Waals surface area contributed by atoms with Gasteiger partial charge in [0.15, 0.2) is 0 Å². The van der Waals surface area contributed by atoms with Crippen molar-refractivity contribution in [2.24, 2.45) is 5.92 Å². The lowest BCUT2D eigenvalue weighted by molar-refractivity contribution is -0.114. The molecule has 0 bridgehead atoms. The lowest BCUT2D eigenvalue weighted by atomic mass is 9.98. The van der Waals surface area contributed by atoms with Crippen molar-refractivity contribution in [2.45, 2.75) is 49.4 Å². The quantitative estimate of drug-likeness (QED) is 0.587. The number of thioether (sulfide) groups is 1. The van der Waals surface area contributed by atoms with Gasteiger partial charge in [-0.2, -0.15) is 0 Å². The summed E-state index contributed by atoms with van der Waals surface area (Å²) in [5.41, 5.74) is 2.58. The SMILES string of the molecule is CSc1ccc(S(=O)(=O)N[C@@H](C)c2ccc(N3CCC(C)CC3)cc2)cc1NC(C)=O. The predicted octanol–water partition coefficient (Wildman–Crippen LogP) is 4.64. The molecule has 1 atom stereocenters.